The van der Waals surface area contributed by atoms with Crippen LogP contribution in [-0.2, 0) is 11.3 Å². The van der Waals surface area contributed by atoms with E-state index >= 15 is 0 Å². The van der Waals surface area contributed by atoms with Crippen molar-refractivity contribution in [2.24, 2.45) is 0 Å². The van der Waals surface area contributed by atoms with Gasteiger partial charge in [0.05, 0.1) is 6.54 Å². The van der Waals surface area contributed by atoms with E-state index in [1.807, 2.05) is 55.5 Å². The van der Waals surface area contributed by atoms with Crippen LogP contribution in [-0.4, -0.2) is 12.5 Å². The van der Waals surface area contributed by atoms with E-state index in [0.717, 1.165) is 22.5 Å². The summed E-state index contributed by atoms with van der Waals surface area (Å²) in [6, 6.07) is 15.3. The summed E-state index contributed by atoms with van der Waals surface area (Å²) in [6.45, 7) is 2.82. The molecule has 20 heavy (non-hydrogen) atoms. The molecule has 4 N–H and O–H groups in total. The summed E-state index contributed by atoms with van der Waals surface area (Å²) in [5.41, 5.74) is 9.50. The number of aryl methyl sites for hydroxylation is 1. The minimum Gasteiger partial charge on any atom is -0.398 e. The van der Waals surface area contributed by atoms with Gasteiger partial charge in [-0.15, -0.1) is 0 Å². The Labute approximate surface area is 119 Å². The quantitative estimate of drug-likeness (QED) is 0.730. The van der Waals surface area contributed by atoms with Gasteiger partial charge in [0, 0.05) is 17.9 Å². The zero-order valence-corrected chi connectivity index (χ0v) is 11.5. The number of nitrogens with one attached hydrogen (secondary N) is 2. The van der Waals surface area contributed by atoms with Crippen LogP contribution in [0.5, 0.6) is 0 Å². The first kappa shape index (κ1) is 14.1. The molecule has 0 aliphatic heterocycles. The molecule has 2 aromatic rings. The second-order valence-corrected chi connectivity index (χ2v) is 4.72. The first-order chi connectivity index (χ1) is 9.65. The Bertz CT molecular complexity index is 596. The Morgan fingerprint density at radius 2 is 1.95 bits per heavy atom. The Kier molecular flexibility index (Phi) is 4.74. The smallest absolute Gasteiger partial charge is 0.238 e. The zero-order chi connectivity index (χ0) is 14.4. The number of carbonyl (C=O) groups is 1. The fourth-order valence-electron chi connectivity index (χ4n) is 1.93. The first-order valence-electron chi connectivity index (χ1n) is 6.56. The molecule has 0 spiro atoms. The fourth-order valence-corrected chi connectivity index (χ4v) is 1.93. The van der Waals surface area contributed by atoms with Crippen molar-refractivity contribution >= 4 is 17.3 Å². The van der Waals surface area contributed by atoms with E-state index in [1.165, 1.54) is 0 Å². The van der Waals surface area contributed by atoms with Gasteiger partial charge in [0.25, 0.3) is 0 Å². The van der Waals surface area contributed by atoms with Gasteiger partial charge in [-0.05, 0) is 36.2 Å². The average molecular weight is 269 g/mol. The van der Waals surface area contributed by atoms with Gasteiger partial charge < -0.3 is 16.4 Å². The first-order valence-corrected chi connectivity index (χ1v) is 6.56. The lowest BCUT2D eigenvalue weighted by Crippen LogP contribution is -2.28. The van der Waals surface area contributed by atoms with Crippen LogP contribution < -0.4 is 16.4 Å². The third kappa shape index (κ3) is 4.10. The number of carbonyl (C=O) groups excluding carboxylic acids is 1. The van der Waals surface area contributed by atoms with Gasteiger partial charge in [0.15, 0.2) is 0 Å². The number of nitrogens with two attached hydrogens (primary N) is 1. The van der Waals surface area contributed by atoms with E-state index in [1.54, 1.807) is 0 Å². The summed E-state index contributed by atoms with van der Waals surface area (Å²) in [6.07, 6.45) is 0. The molecule has 0 atom stereocenters. The zero-order valence-electron chi connectivity index (χ0n) is 11.5. The molecule has 2 rings (SSSR count). The maximum Gasteiger partial charge on any atom is 0.238 e. The fraction of sp³-hybridized carbons (Fsp3) is 0.188. The largest absolute Gasteiger partial charge is 0.398 e. The molecule has 0 radical (unpaired) electrons. The molecule has 0 aliphatic rings. The van der Waals surface area contributed by atoms with Crippen molar-refractivity contribution in [3.8, 4) is 0 Å². The Morgan fingerprint density at radius 3 is 2.70 bits per heavy atom. The van der Waals surface area contributed by atoms with E-state index < -0.39 is 0 Å². The standard InChI is InChI=1S/C16H19N3O/c1-12-5-4-7-14(9-12)19-16(20)11-18-10-13-6-2-3-8-15(13)17/h2-9,18H,10-11,17H2,1H3,(H,19,20). The van der Waals surface area contributed by atoms with Crippen molar-refractivity contribution in [1.29, 1.82) is 0 Å². The van der Waals surface area contributed by atoms with Crippen molar-refractivity contribution in [3.63, 3.8) is 0 Å². The van der Waals surface area contributed by atoms with Gasteiger partial charge in [-0.25, -0.2) is 0 Å². The van der Waals surface area contributed by atoms with Crippen molar-refractivity contribution < 1.29 is 4.79 Å². The number of nitrogen functional groups attached to an aromatic ring is 1. The maximum absolute atomic E-state index is 11.8. The molecule has 4 nitrogen and oxygen atoms in total. The van der Waals surface area contributed by atoms with Crippen LogP contribution in [0.3, 0.4) is 0 Å². The van der Waals surface area contributed by atoms with Crippen LogP contribution in [0.4, 0.5) is 11.4 Å². The predicted molar refractivity (Wildman–Crippen MR) is 82.4 cm³/mol. The topological polar surface area (TPSA) is 67.2 Å². The summed E-state index contributed by atoms with van der Waals surface area (Å²) in [7, 11) is 0. The minimum absolute atomic E-state index is 0.0647. The molecule has 0 saturated heterocycles. The SMILES string of the molecule is Cc1cccc(NC(=O)CNCc2ccccc2N)c1. The van der Waals surface area contributed by atoms with E-state index in [4.69, 9.17) is 5.73 Å². The minimum atomic E-state index is -0.0647. The molecule has 0 saturated carbocycles. The van der Waals surface area contributed by atoms with Gasteiger partial charge >= 0.3 is 0 Å². The molecule has 2 aromatic carbocycles. The molecule has 4 heteroatoms. The van der Waals surface area contributed by atoms with Gasteiger partial charge in [-0.1, -0.05) is 30.3 Å². The lowest BCUT2D eigenvalue weighted by molar-refractivity contribution is -0.115. The number of anilines is 2. The maximum atomic E-state index is 11.8. The number of para-hydroxylation sites is 1. The molecular weight excluding hydrogens is 250 g/mol. The van der Waals surface area contributed by atoms with E-state index in [-0.39, 0.29) is 12.5 Å². The molecule has 104 valence electrons. The van der Waals surface area contributed by atoms with E-state index in [2.05, 4.69) is 10.6 Å². The van der Waals surface area contributed by atoms with E-state index in [0.29, 0.717) is 6.54 Å². The molecule has 0 heterocycles. The summed E-state index contributed by atoms with van der Waals surface area (Å²) in [5.74, 6) is -0.0647. The molecule has 0 aliphatic carbocycles. The monoisotopic (exact) mass is 269 g/mol. The molecular formula is C16H19N3O. The second-order valence-electron chi connectivity index (χ2n) is 4.72. The molecule has 0 aromatic heterocycles. The Morgan fingerprint density at radius 1 is 1.15 bits per heavy atom. The molecule has 0 bridgehead atoms. The summed E-state index contributed by atoms with van der Waals surface area (Å²) in [5, 5.41) is 5.94. The van der Waals surface area contributed by atoms with Crippen LogP contribution in [0.25, 0.3) is 0 Å². The summed E-state index contributed by atoms with van der Waals surface area (Å²) in [4.78, 5) is 11.8. The highest BCUT2D eigenvalue weighted by atomic mass is 16.1. The highest BCUT2D eigenvalue weighted by Crippen LogP contribution is 2.10. The van der Waals surface area contributed by atoms with Gasteiger partial charge in [-0.3, -0.25) is 4.79 Å². The third-order valence-corrected chi connectivity index (χ3v) is 2.96. The lowest BCUT2D eigenvalue weighted by Gasteiger charge is -2.08. The van der Waals surface area contributed by atoms with Gasteiger partial charge in [0.1, 0.15) is 0 Å². The third-order valence-electron chi connectivity index (χ3n) is 2.96. The number of benzene rings is 2. The Balaban J connectivity index is 1.80. The predicted octanol–water partition coefficient (Wildman–Crippen LogP) is 2.31. The summed E-state index contributed by atoms with van der Waals surface area (Å²) >= 11 is 0. The highest BCUT2D eigenvalue weighted by molar-refractivity contribution is 5.92. The lowest BCUT2D eigenvalue weighted by atomic mass is 10.2. The highest BCUT2D eigenvalue weighted by Gasteiger charge is 2.03. The van der Waals surface area contributed by atoms with Crippen LogP contribution in [0.15, 0.2) is 48.5 Å². The van der Waals surface area contributed by atoms with Crippen molar-refractivity contribution in [1.82, 2.24) is 5.32 Å². The van der Waals surface area contributed by atoms with Crippen molar-refractivity contribution in [2.75, 3.05) is 17.6 Å². The van der Waals surface area contributed by atoms with E-state index in [9.17, 15) is 4.79 Å². The van der Waals surface area contributed by atoms with Crippen molar-refractivity contribution in [3.05, 3.63) is 59.7 Å². The Hall–Kier alpha value is -2.33. The van der Waals surface area contributed by atoms with Crippen LogP contribution in [0, 0.1) is 6.92 Å². The number of amides is 1. The molecule has 0 fully saturated rings. The van der Waals surface area contributed by atoms with Gasteiger partial charge in [-0.2, -0.15) is 0 Å². The van der Waals surface area contributed by atoms with Crippen LogP contribution in [0.1, 0.15) is 11.1 Å². The van der Waals surface area contributed by atoms with Crippen LogP contribution >= 0.6 is 0 Å². The van der Waals surface area contributed by atoms with Crippen molar-refractivity contribution in [2.45, 2.75) is 13.5 Å². The average Bonchev–Trinajstić information content (AvgIpc) is 2.41. The van der Waals surface area contributed by atoms with Crippen LogP contribution in [0.2, 0.25) is 0 Å². The number of hydrogen-bond donors (Lipinski definition) is 3. The molecule has 1 amide bonds. The summed E-state index contributed by atoms with van der Waals surface area (Å²) < 4.78 is 0. The number of rotatable bonds is 5. The number of hydrogen-bond acceptors (Lipinski definition) is 3. The normalized spacial score (nSPS) is 10.2. The van der Waals surface area contributed by atoms with Gasteiger partial charge in [0.2, 0.25) is 5.91 Å². The molecule has 0 unspecified atom stereocenters. The second kappa shape index (κ2) is 6.73.